The summed E-state index contributed by atoms with van der Waals surface area (Å²) in [4.78, 5) is 30.8. The van der Waals surface area contributed by atoms with Crippen molar-refractivity contribution < 1.29 is 33.3 Å². The number of ether oxygens (including phenoxy) is 5. The minimum atomic E-state index is -0.225. The van der Waals surface area contributed by atoms with Crippen LogP contribution in [0.3, 0.4) is 0 Å². The van der Waals surface area contributed by atoms with E-state index in [1.807, 2.05) is 23.6 Å². The molecule has 2 saturated heterocycles. The van der Waals surface area contributed by atoms with Crippen molar-refractivity contribution in [3.8, 4) is 11.5 Å². The molecule has 0 unspecified atom stereocenters. The van der Waals surface area contributed by atoms with Crippen molar-refractivity contribution in [2.24, 2.45) is 11.8 Å². The van der Waals surface area contributed by atoms with Gasteiger partial charge in [-0.05, 0) is 69.6 Å². The summed E-state index contributed by atoms with van der Waals surface area (Å²) in [7, 11) is 3.25. The van der Waals surface area contributed by atoms with Crippen molar-refractivity contribution >= 4 is 12.0 Å². The van der Waals surface area contributed by atoms with Crippen LogP contribution in [0.5, 0.6) is 11.5 Å². The monoisotopic (exact) mass is 561 g/mol. The van der Waals surface area contributed by atoms with E-state index in [9.17, 15) is 9.59 Å². The Bertz CT molecular complexity index is 965. The predicted octanol–water partition coefficient (Wildman–Crippen LogP) is 3.58. The van der Waals surface area contributed by atoms with Crippen LogP contribution in [0.25, 0.3) is 0 Å². The van der Waals surface area contributed by atoms with Gasteiger partial charge in [0.2, 0.25) is 0 Å². The van der Waals surface area contributed by atoms with E-state index in [0.29, 0.717) is 50.0 Å². The van der Waals surface area contributed by atoms with Crippen molar-refractivity contribution in [2.45, 2.75) is 64.1 Å². The van der Waals surface area contributed by atoms with E-state index >= 15 is 0 Å². The van der Waals surface area contributed by atoms with Crippen LogP contribution in [0.1, 0.15) is 56.3 Å². The van der Waals surface area contributed by atoms with E-state index < -0.39 is 0 Å². The number of methoxy groups -OCH3 is 2. The summed E-state index contributed by atoms with van der Waals surface area (Å²) in [6, 6.07) is 5.62. The summed E-state index contributed by atoms with van der Waals surface area (Å²) in [5.74, 6) is 1.56. The molecule has 3 atom stereocenters. The smallest absolute Gasteiger partial charge is 0.410 e. The second-order valence-electron chi connectivity index (χ2n) is 11.4. The third-order valence-electron chi connectivity index (χ3n) is 8.00. The molecule has 40 heavy (non-hydrogen) atoms. The van der Waals surface area contributed by atoms with Gasteiger partial charge in [-0.25, -0.2) is 4.79 Å². The molecule has 0 spiro atoms. The molecule has 0 bridgehead atoms. The quantitative estimate of drug-likeness (QED) is 0.344. The molecule has 1 aromatic carbocycles. The van der Waals surface area contributed by atoms with Crippen LogP contribution in [0.4, 0.5) is 4.79 Å². The Hall–Kier alpha value is -2.56. The third-order valence-corrected chi connectivity index (χ3v) is 8.00. The van der Waals surface area contributed by atoms with Crippen molar-refractivity contribution in [2.75, 3.05) is 66.8 Å². The van der Waals surface area contributed by atoms with Gasteiger partial charge < -0.3 is 38.8 Å². The first-order chi connectivity index (χ1) is 19.4. The van der Waals surface area contributed by atoms with Crippen molar-refractivity contribution in [1.82, 2.24) is 15.1 Å². The predicted molar refractivity (Wildman–Crippen MR) is 151 cm³/mol. The molecule has 3 fully saturated rings. The highest BCUT2D eigenvalue weighted by Gasteiger charge is 2.40. The number of amides is 2. The Morgan fingerprint density at radius 3 is 2.48 bits per heavy atom. The largest absolute Gasteiger partial charge is 0.493 e. The van der Waals surface area contributed by atoms with Gasteiger partial charge in [-0.2, -0.15) is 0 Å². The van der Waals surface area contributed by atoms with Crippen molar-refractivity contribution in [1.29, 1.82) is 0 Å². The van der Waals surface area contributed by atoms with Gasteiger partial charge in [0.25, 0.3) is 5.91 Å². The first-order valence-electron chi connectivity index (χ1n) is 14.8. The number of hydrogen-bond acceptors (Lipinski definition) is 8. The molecule has 2 aliphatic heterocycles. The maximum absolute atomic E-state index is 13.8. The topological polar surface area (TPSA) is 98.8 Å². The van der Waals surface area contributed by atoms with E-state index in [-0.39, 0.29) is 42.0 Å². The lowest BCUT2D eigenvalue weighted by Crippen LogP contribution is -2.45. The average Bonchev–Trinajstić information content (AvgIpc) is 3.71. The van der Waals surface area contributed by atoms with Gasteiger partial charge >= 0.3 is 6.09 Å². The lowest BCUT2D eigenvalue weighted by Gasteiger charge is -2.34. The highest BCUT2D eigenvalue weighted by Crippen LogP contribution is 2.32. The molecule has 1 aromatic rings. The van der Waals surface area contributed by atoms with Gasteiger partial charge in [-0.1, -0.05) is 0 Å². The molecule has 2 amide bonds. The van der Waals surface area contributed by atoms with E-state index in [1.54, 1.807) is 32.4 Å². The molecule has 224 valence electrons. The second-order valence-corrected chi connectivity index (χ2v) is 11.4. The van der Waals surface area contributed by atoms with Gasteiger partial charge in [0.05, 0.1) is 20.3 Å². The molecule has 1 N–H and O–H groups in total. The van der Waals surface area contributed by atoms with Gasteiger partial charge in [0.1, 0.15) is 6.10 Å². The number of carbonyl (C=O) groups excluding carboxylic acids is 2. The molecule has 2 heterocycles. The van der Waals surface area contributed by atoms with Crippen LogP contribution in [-0.4, -0.2) is 107 Å². The number of hydrogen-bond donors (Lipinski definition) is 1. The molecule has 0 aromatic heterocycles. The summed E-state index contributed by atoms with van der Waals surface area (Å²) >= 11 is 0. The fourth-order valence-electron chi connectivity index (χ4n) is 5.50. The Balaban J connectivity index is 1.40. The first-order valence-corrected chi connectivity index (χ1v) is 14.8. The average molecular weight is 562 g/mol. The molecule has 3 aliphatic rings. The molecule has 4 rings (SSSR count). The second kappa shape index (κ2) is 14.9. The minimum Gasteiger partial charge on any atom is -0.493 e. The Labute approximate surface area is 238 Å². The molecule has 10 heteroatoms. The van der Waals surface area contributed by atoms with Crippen molar-refractivity contribution in [3.05, 3.63) is 23.8 Å². The molecule has 1 aliphatic carbocycles. The number of rotatable bonds is 14. The highest BCUT2D eigenvalue weighted by molar-refractivity contribution is 5.95. The molecule has 10 nitrogen and oxygen atoms in total. The van der Waals surface area contributed by atoms with Gasteiger partial charge in [-0.15, -0.1) is 0 Å². The Morgan fingerprint density at radius 2 is 1.82 bits per heavy atom. The maximum Gasteiger partial charge on any atom is 0.410 e. The van der Waals surface area contributed by atoms with Crippen LogP contribution in [-0.2, 0) is 14.2 Å². The normalized spacial score (nSPS) is 22.7. The summed E-state index contributed by atoms with van der Waals surface area (Å²) < 4.78 is 27.8. The fourth-order valence-corrected chi connectivity index (χ4v) is 5.50. The maximum atomic E-state index is 13.8. The Kier molecular flexibility index (Phi) is 11.3. The van der Waals surface area contributed by atoms with Gasteiger partial charge in [-0.3, -0.25) is 4.79 Å². The first kappa shape index (κ1) is 30.4. The van der Waals surface area contributed by atoms with E-state index in [4.69, 9.17) is 23.7 Å². The summed E-state index contributed by atoms with van der Waals surface area (Å²) in [5, 5.41) is 3.50. The van der Waals surface area contributed by atoms with Gasteiger partial charge in [0, 0.05) is 70.6 Å². The van der Waals surface area contributed by atoms with Crippen LogP contribution < -0.4 is 14.8 Å². The van der Waals surface area contributed by atoms with Crippen LogP contribution in [0.15, 0.2) is 18.2 Å². The van der Waals surface area contributed by atoms with Gasteiger partial charge in [0.15, 0.2) is 11.5 Å². The zero-order valence-electron chi connectivity index (χ0n) is 24.6. The molecule has 1 saturated carbocycles. The zero-order valence-corrected chi connectivity index (χ0v) is 24.6. The summed E-state index contributed by atoms with van der Waals surface area (Å²) in [6.45, 7) is 9.24. The zero-order chi connectivity index (χ0) is 28.5. The highest BCUT2D eigenvalue weighted by atomic mass is 16.6. The van der Waals surface area contributed by atoms with Crippen LogP contribution in [0, 0.1) is 11.8 Å². The Morgan fingerprint density at radius 1 is 1.05 bits per heavy atom. The number of carbonyl (C=O) groups is 2. The third kappa shape index (κ3) is 8.24. The fraction of sp³-hybridized carbons (Fsp3) is 0.733. The lowest BCUT2D eigenvalue weighted by atomic mass is 9.94. The standard InChI is InChI=1S/C30H47N3O7/c1-21(2)32(29(34)22-8-11-27(37-4)28(15-22)39-14-6-12-36-3)18-23-16-31-17-24(23)19-33(25-9-10-25)30(35)40-26-7-5-13-38-20-26/h8,11,15,21,23-26,31H,5-7,9-10,12-14,16-20H2,1-4H3/t23-,24-,26+/m0/s1. The molecule has 0 radical (unpaired) electrons. The van der Waals surface area contributed by atoms with E-state index in [1.165, 1.54) is 0 Å². The SMILES string of the molecule is COCCCOc1cc(C(=O)N(C[C@@H]2CNC[C@H]2CN(C(=O)O[C@@H]2CCCOC2)C2CC2)C(C)C)ccc1OC. The summed E-state index contributed by atoms with van der Waals surface area (Å²) in [5.41, 5.74) is 0.566. The molecular weight excluding hydrogens is 514 g/mol. The number of nitrogens with zero attached hydrogens (tertiary/aromatic N) is 2. The van der Waals surface area contributed by atoms with Crippen molar-refractivity contribution in [3.63, 3.8) is 0 Å². The van der Waals surface area contributed by atoms with E-state index in [0.717, 1.165) is 51.8 Å². The minimum absolute atomic E-state index is 0.0118. The van der Waals surface area contributed by atoms with Crippen LogP contribution >= 0.6 is 0 Å². The van der Waals surface area contributed by atoms with E-state index in [2.05, 4.69) is 5.32 Å². The lowest BCUT2D eigenvalue weighted by molar-refractivity contribution is -0.0292. The molecular formula is C30H47N3O7. The summed E-state index contributed by atoms with van der Waals surface area (Å²) in [6.07, 6.45) is 4.17. The van der Waals surface area contributed by atoms with Crippen LogP contribution in [0.2, 0.25) is 0 Å². The number of nitrogens with one attached hydrogen (secondary N) is 1. The number of benzene rings is 1.